The van der Waals surface area contributed by atoms with Crippen LogP contribution in [0, 0.1) is 23.2 Å². The zero-order valence-electron chi connectivity index (χ0n) is 19.4. The molecule has 4 fully saturated rings. The molecule has 4 bridgehead atoms. The fraction of sp³-hybridized carbons (Fsp3) is 0.500. The zero-order chi connectivity index (χ0) is 22.8. The molecule has 4 saturated carbocycles. The van der Waals surface area contributed by atoms with E-state index in [1.807, 2.05) is 55.5 Å². The van der Waals surface area contributed by atoms with E-state index in [2.05, 4.69) is 10.6 Å². The van der Waals surface area contributed by atoms with Crippen LogP contribution in [0.25, 0.3) is 0 Å². The van der Waals surface area contributed by atoms with Crippen molar-refractivity contribution in [1.82, 2.24) is 5.32 Å². The van der Waals surface area contributed by atoms with Gasteiger partial charge < -0.3 is 15.4 Å². The average Bonchev–Trinajstić information content (AvgIpc) is 2.81. The first-order chi connectivity index (χ1) is 16.0. The molecule has 0 atom stereocenters. The van der Waals surface area contributed by atoms with Crippen LogP contribution < -0.4 is 15.4 Å². The molecule has 2 aromatic carbocycles. The van der Waals surface area contributed by atoms with E-state index in [9.17, 15) is 9.59 Å². The van der Waals surface area contributed by atoms with Crippen molar-refractivity contribution in [3.8, 4) is 5.75 Å². The van der Waals surface area contributed by atoms with Gasteiger partial charge in [-0.1, -0.05) is 31.2 Å². The molecule has 0 heterocycles. The minimum atomic E-state index is -0.174. The van der Waals surface area contributed by atoms with Gasteiger partial charge in [-0.15, -0.1) is 0 Å². The van der Waals surface area contributed by atoms with Crippen LogP contribution in [0.5, 0.6) is 5.75 Å². The predicted octanol–water partition coefficient (Wildman–Crippen LogP) is 5.56. The lowest BCUT2D eigenvalue weighted by Crippen LogP contribution is -2.53. The summed E-state index contributed by atoms with van der Waals surface area (Å²) in [6.45, 7) is 3.17. The highest BCUT2D eigenvalue weighted by molar-refractivity contribution is 6.05. The molecule has 5 nitrogen and oxygen atoms in total. The third-order valence-electron chi connectivity index (χ3n) is 7.79. The third-order valence-corrected chi connectivity index (χ3v) is 7.79. The Morgan fingerprint density at radius 1 is 0.939 bits per heavy atom. The smallest absolute Gasteiger partial charge is 0.255 e. The number of amides is 2. The first kappa shape index (κ1) is 22.0. The lowest BCUT2D eigenvalue weighted by molar-refractivity contribution is -0.146. The first-order valence-corrected chi connectivity index (χ1v) is 12.4. The van der Waals surface area contributed by atoms with Crippen LogP contribution in [0.1, 0.15) is 67.8 Å². The summed E-state index contributed by atoms with van der Waals surface area (Å²) in [5.74, 6) is 3.03. The second-order valence-electron chi connectivity index (χ2n) is 10.4. The molecule has 4 aliphatic rings. The second kappa shape index (κ2) is 9.20. The van der Waals surface area contributed by atoms with E-state index < -0.39 is 0 Å². The van der Waals surface area contributed by atoms with Gasteiger partial charge in [0.05, 0.1) is 12.3 Å². The monoisotopic (exact) mass is 446 g/mol. The van der Waals surface area contributed by atoms with E-state index in [1.165, 1.54) is 19.3 Å². The van der Waals surface area contributed by atoms with E-state index in [0.717, 1.165) is 49.0 Å². The minimum Gasteiger partial charge on any atom is -0.491 e. The van der Waals surface area contributed by atoms with Crippen LogP contribution in [-0.4, -0.2) is 18.4 Å². The highest BCUT2D eigenvalue weighted by atomic mass is 16.5. The predicted molar refractivity (Wildman–Crippen MR) is 129 cm³/mol. The molecule has 2 aromatic rings. The standard InChI is InChI=1S/C28H34N2O3/c1-2-11-33-25-6-4-3-5-24(25)30-26(31)23-9-7-19(8-10-23)18-29-27(32)28-15-20-12-21(16-28)14-22(13-20)17-28/h3-10,20-22H,2,11-18H2,1H3,(H,29,32)(H,30,31). The number of rotatable bonds is 8. The van der Waals surface area contributed by atoms with E-state index in [4.69, 9.17) is 4.74 Å². The summed E-state index contributed by atoms with van der Waals surface area (Å²) in [5, 5.41) is 6.16. The summed E-state index contributed by atoms with van der Waals surface area (Å²) >= 11 is 0. The number of carbonyl (C=O) groups is 2. The maximum Gasteiger partial charge on any atom is 0.255 e. The molecule has 0 radical (unpaired) electrons. The molecule has 0 aromatic heterocycles. The lowest BCUT2D eigenvalue weighted by Gasteiger charge is -2.55. The molecular weight excluding hydrogens is 412 g/mol. The van der Waals surface area contributed by atoms with E-state index in [0.29, 0.717) is 30.2 Å². The Morgan fingerprint density at radius 3 is 2.21 bits per heavy atom. The number of hydrogen-bond acceptors (Lipinski definition) is 3. The third kappa shape index (κ3) is 4.64. The number of benzene rings is 2. The summed E-state index contributed by atoms with van der Waals surface area (Å²) < 4.78 is 5.73. The molecule has 0 unspecified atom stereocenters. The molecule has 174 valence electrons. The van der Waals surface area contributed by atoms with Gasteiger partial charge in [-0.3, -0.25) is 9.59 Å². The second-order valence-corrected chi connectivity index (χ2v) is 10.4. The van der Waals surface area contributed by atoms with Crippen LogP contribution in [-0.2, 0) is 11.3 Å². The summed E-state index contributed by atoms with van der Waals surface area (Å²) in [7, 11) is 0. The fourth-order valence-electron chi connectivity index (χ4n) is 6.63. The van der Waals surface area contributed by atoms with Gasteiger partial charge in [-0.05, 0) is 92.5 Å². The van der Waals surface area contributed by atoms with Crippen LogP contribution in [0.15, 0.2) is 48.5 Å². The maximum atomic E-state index is 13.2. The number of nitrogens with one attached hydrogen (secondary N) is 2. The Morgan fingerprint density at radius 2 is 1.58 bits per heavy atom. The van der Waals surface area contributed by atoms with Crippen LogP contribution in [0.4, 0.5) is 5.69 Å². The van der Waals surface area contributed by atoms with Crippen LogP contribution in [0.3, 0.4) is 0 Å². The topological polar surface area (TPSA) is 67.4 Å². The molecule has 4 aliphatic carbocycles. The van der Waals surface area contributed by atoms with Crippen LogP contribution in [0.2, 0.25) is 0 Å². The Bertz CT molecular complexity index is 979. The van der Waals surface area contributed by atoms with Crippen molar-refractivity contribution < 1.29 is 14.3 Å². The van der Waals surface area contributed by atoms with Gasteiger partial charge in [0.15, 0.2) is 0 Å². The molecular formula is C28H34N2O3. The van der Waals surface area contributed by atoms with E-state index in [1.54, 1.807) is 0 Å². The molecule has 33 heavy (non-hydrogen) atoms. The Labute approximate surface area is 196 Å². The maximum absolute atomic E-state index is 13.2. The number of para-hydroxylation sites is 2. The number of carbonyl (C=O) groups excluding carboxylic acids is 2. The minimum absolute atomic E-state index is 0.123. The van der Waals surface area contributed by atoms with Gasteiger partial charge in [0.1, 0.15) is 5.75 Å². The Hall–Kier alpha value is -2.82. The van der Waals surface area contributed by atoms with Crippen molar-refractivity contribution in [2.45, 2.75) is 58.4 Å². The number of anilines is 1. The van der Waals surface area contributed by atoms with Gasteiger partial charge in [-0.2, -0.15) is 0 Å². The highest BCUT2D eigenvalue weighted by Crippen LogP contribution is 2.60. The molecule has 5 heteroatoms. The van der Waals surface area contributed by atoms with Gasteiger partial charge in [-0.25, -0.2) is 0 Å². The van der Waals surface area contributed by atoms with Crippen molar-refractivity contribution >= 4 is 17.5 Å². The largest absolute Gasteiger partial charge is 0.491 e. The summed E-state index contributed by atoms with van der Waals surface area (Å²) in [4.78, 5) is 25.9. The van der Waals surface area contributed by atoms with Crippen molar-refractivity contribution in [2.75, 3.05) is 11.9 Å². The average molecular weight is 447 g/mol. The quantitative estimate of drug-likeness (QED) is 0.558. The van der Waals surface area contributed by atoms with E-state index >= 15 is 0 Å². The molecule has 2 N–H and O–H groups in total. The van der Waals surface area contributed by atoms with Crippen molar-refractivity contribution in [3.63, 3.8) is 0 Å². The molecule has 0 aliphatic heterocycles. The molecule has 2 amide bonds. The van der Waals surface area contributed by atoms with Crippen molar-refractivity contribution in [1.29, 1.82) is 0 Å². The normalized spacial score (nSPS) is 27.2. The van der Waals surface area contributed by atoms with E-state index in [-0.39, 0.29) is 17.2 Å². The SMILES string of the molecule is CCCOc1ccccc1NC(=O)c1ccc(CNC(=O)C23CC4CC(CC(C4)C2)C3)cc1. The first-order valence-electron chi connectivity index (χ1n) is 12.4. The van der Waals surface area contributed by atoms with Gasteiger partial charge in [0.2, 0.25) is 5.91 Å². The van der Waals surface area contributed by atoms with Gasteiger partial charge in [0.25, 0.3) is 5.91 Å². The number of hydrogen-bond donors (Lipinski definition) is 2. The number of ether oxygens (including phenoxy) is 1. The summed E-state index contributed by atoms with van der Waals surface area (Å²) in [6.07, 6.45) is 8.15. The van der Waals surface area contributed by atoms with Gasteiger partial charge >= 0.3 is 0 Å². The Kier molecular flexibility index (Phi) is 6.13. The lowest BCUT2D eigenvalue weighted by atomic mass is 9.49. The van der Waals surface area contributed by atoms with Gasteiger partial charge in [0, 0.05) is 17.5 Å². The summed E-state index contributed by atoms with van der Waals surface area (Å²) in [5.41, 5.74) is 2.14. The molecule has 6 rings (SSSR count). The molecule has 0 spiro atoms. The Balaban J connectivity index is 1.17. The highest BCUT2D eigenvalue weighted by Gasteiger charge is 2.54. The molecule has 0 saturated heterocycles. The van der Waals surface area contributed by atoms with Crippen molar-refractivity contribution in [2.24, 2.45) is 23.2 Å². The zero-order valence-corrected chi connectivity index (χ0v) is 19.4. The summed E-state index contributed by atoms with van der Waals surface area (Å²) in [6, 6.07) is 15.0. The fourth-order valence-corrected chi connectivity index (χ4v) is 6.63. The van der Waals surface area contributed by atoms with Crippen molar-refractivity contribution in [3.05, 3.63) is 59.7 Å². The van der Waals surface area contributed by atoms with Crippen LogP contribution >= 0.6 is 0 Å².